The predicted octanol–water partition coefficient (Wildman–Crippen LogP) is 2.70. The van der Waals surface area contributed by atoms with Gasteiger partial charge in [0.05, 0.1) is 24.5 Å². The third kappa shape index (κ3) is 3.35. The van der Waals surface area contributed by atoms with Gasteiger partial charge in [-0.15, -0.1) is 12.4 Å². The summed E-state index contributed by atoms with van der Waals surface area (Å²) in [6.45, 7) is 3.14. The maximum atomic E-state index is 12.6. The highest BCUT2D eigenvalue weighted by Gasteiger charge is 2.17. The summed E-state index contributed by atoms with van der Waals surface area (Å²) in [5, 5.41) is 12.1. The number of halogens is 1. The molecule has 1 aromatic carbocycles. The molecule has 1 aliphatic heterocycles. The van der Waals surface area contributed by atoms with Crippen LogP contribution in [-0.4, -0.2) is 27.2 Å². The molecule has 0 radical (unpaired) electrons. The maximum absolute atomic E-state index is 12.6. The molecule has 7 heteroatoms. The molecule has 0 fully saturated rings. The Morgan fingerprint density at radius 3 is 3.00 bits per heavy atom. The smallest absolute Gasteiger partial charge is 0.251 e. The van der Waals surface area contributed by atoms with Gasteiger partial charge in [0.25, 0.3) is 5.91 Å². The summed E-state index contributed by atoms with van der Waals surface area (Å²) in [5.74, 6) is -0.0400. The minimum absolute atomic E-state index is 0. The van der Waals surface area contributed by atoms with Crippen molar-refractivity contribution < 1.29 is 4.79 Å². The second-order valence-corrected chi connectivity index (χ2v) is 7.26. The Morgan fingerprint density at radius 2 is 2.11 bits per heavy atom. The van der Waals surface area contributed by atoms with E-state index in [4.69, 9.17) is 0 Å². The molecule has 0 bridgehead atoms. The number of fused-ring (bicyclic) bond motifs is 4. The molecule has 0 atom stereocenters. The van der Waals surface area contributed by atoms with Gasteiger partial charge in [-0.1, -0.05) is 0 Å². The molecule has 2 aromatic heterocycles. The quantitative estimate of drug-likeness (QED) is 0.649. The molecule has 3 aromatic rings. The van der Waals surface area contributed by atoms with E-state index >= 15 is 0 Å². The fourth-order valence-electron chi connectivity index (χ4n) is 4.16. The number of aryl methyl sites for hydroxylation is 2. The van der Waals surface area contributed by atoms with Crippen LogP contribution in [0.4, 0.5) is 0 Å². The molecule has 3 heterocycles. The summed E-state index contributed by atoms with van der Waals surface area (Å²) in [6, 6.07) is 8.04. The molecule has 0 spiro atoms. The van der Waals surface area contributed by atoms with Crippen molar-refractivity contribution >= 4 is 29.2 Å². The lowest BCUT2D eigenvalue weighted by molar-refractivity contribution is 0.0950. The van der Waals surface area contributed by atoms with Gasteiger partial charge >= 0.3 is 0 Å². The topological polar surface area (TPSA) is 74.7 Å². The molecule has 0 unspecified atom stereocenters. The van der Waals surface area contributed by atoms with Crippen LogP contribution >= 0.6 is 12.4 Å². The van der Waals surface area contributed by atoms with Gasteiger partial charge in [-0.25, -0.2) is 0 Å². The number of hydrogen-bond donors (Lipinski definition) is 3. The number of nitrogens with zero attached hydrogens (tertiary/aromatic N) is 2. The molecule has 3 N–H and O–H groups in total. The lowest BCUT2D eigenvalue weighted by Gasteiger charge is -2.13. The molecule has 5 rings (SSSR count). The molecule has 6 nitrogen and oxygen atoms in total. The zero-order valence-corrected chi connectivity index (χ0v) is 16.0. The number of aromatic amines is 1. The van der Waals surface area contributed by atoms with E-state index in [9.17, 15) is 4.79 Å². The van der Waals surface area contributed by atoms with Crippen molar-refractivity contribution in [3.05, 3.63) is 52.5 Å². The van der Waals surface area contributed by atoms with Crippen LogP contribution in [-0.2, 0) is 32.5 Å². The molecular formula is C20H24ClN5O. The Kier molecular flexibility index (Phi) is 4.93. The number of carbonyl (C=O) groups excluding carboxylic acids is 1. The minimum Gasteiger partial charge on any atom is -0.358 e. The van der Waals surface area contributed by atoms with Crippen LogP contribution in [0.2, 0.25) is 0 Å². The van der Waals surface area contributed by atoms with Gasteiger partial charge in [0.1, 0.15) is 0 Å². The summed E-state index contributed by atoms with van der Waals surface area (Å²) in [4.78, 5) is 16.1. The van der Waals surface area contributed by atoms with E-state index in [0.29, 0.717) is 6.54 Å². The lowest BCUT2D eigenvalue weighted by Crippen LogP contribution is -2.28. The fraction of sp³-hybridized carbons (Fsp3) is 0.400. The van der Waals surface area contributed by atoms with Crippen LogP contribution in [0.1, 0.15) is 45.8 Å². The maximum Gasteiger partial charge on any atom is 0.251 e. The third-order valence-electron chi connectivity index (χ3n) is 5.51. The van der Waals surface area contributed by atoms with Crippen molar-refractivity contribution in [1.82, 2.24) is 25.4 Å². The number of nitrogens with one attached hydrogen (secondary N) is 3. The molecule has 0 saturated heterocycles. The van der Waals surface area contributed by atoms with E-state index in [0.717, 1.165) is 49.2 Å². The van der Waals surface area contributed by atoms with E-state index in [1.165, 1.54) is 35.2 Å². The molecule has 1 amide bonds. The van der Waals surface area contributed by atoms with Crippen LogP contribution in [0, 0.1) is 0 Å². The SMILES string of the molecule is Cl.O=C(NCc1cc2n(n1)CCNC2)c1ccc2[nH]c3c(c2c1)CCCC3. The zero-order chi connectivity index (χ0) is 17.5. The Bertz CT molecular complexity index is 966. The molecule has 2 aliphatic rings. The van der Waals surface area contributed by atoms with Gasteiger partial charge in [0.15, 0.2) is 0 Å². The monoisotopic (exact) mass is 385 g/mol. The molecule has 142 valence electrons. The summed E-state index contributed by atoms with van der Waals surface area (Å²) in [6.07, 6.45) is 4.70. The number of rotatable bonds is 3. The van der Waals surface area contributed by atoms with Gasteiger partial charge in [-0.05, 0) is 55.5 Å². The second kappa shape index (κ2) is 7.37. The number of benzene rings is 1. The number of aromatic nitrogens is 3. The first-order chi connectivity index (χ1) is 12.8. The van der Waals surface area contributed by atoms with Crippen molar-refractivity contribution in [3.8, 4) is 0 Å². The van der Waals surface area contributed by atoms with Gasteiger partial charge in [0, 0.05) is 35.2 Å². The third-order valence-corrected chi connectivity index (χ3v) is 5.51. The summed E-state index contributed by atoms with van der Waals surface area (Å²) >= 11 is 0. The van der Waals surface area contributed by atoms with E-state index in [1.54, 1.807) is 0 Å². The lowest BCUT2D eigenvalue weighted by atomic mass is 9.95. The Hall–Kier alpha value is -2.31. The van der Waals surface area contributed by atoms with Crippen LogP contribution in [0.3, 0.4) is 0 Å². The van der Waals surface area contributed by atoms with Crippen molar-refractivity contribution in [3.63, 3.8) is 0 Å². The van der Waals surface area contributed by atoms with Crippen molar-refractivity contribution in [1.29, 1.82) is 0 Å². The highest BCUT2D eigenvalue weighted by atomic mass is 35.5. The zero-order valence-electron chi connectivity index (χ0n) is 15.2. The van der Waals surface area contributed by atoms with E-state index in [1.807, 2.05) is 22.9 Å². The first kappa shape index (κ1) is 18.1. The van der Waals surface area contributed by atoms with Crippen molar-refractivity contribution in [2.75, 3.05) is 6.54 Å². The minimum atomic E-state index is -0.0400. The number of H-pyrrole nitrogens is 1. The fourth-order valence-corrected chi connectivity index (χ4v) is 4.16. The Balaban J connectivity index is 0.00000180. The first-order valence-corrected chi connectivity index (χ1v) is 9.46. The standard InChI is InChI=1S/C20H23N5O.ClH/c26-20(22-11-14-10-15-12-21-7-8-25(15)24-14)13-5-6-19-17(9-13)16-3-1-2-4-18(16)23-19;/h5-6,9-10,21,23H,1-4,7-8,11-12H2,(H,22,26);1H. The first-order valence-electron chi connectivity index (χ1n) is 9.46. The van der Waals surface area contributed by atoms with Gasteiger partial charge in [-0.3, -0.25) is 9.48 Å². The highest BCUT2D eigenvalue weighted by Crippen LogP contribution is 2.29. The average Bonchev–Trinajstić information content (AvgIpc) is 3.26. The summed E-state index contributed by atoms with van der Waals surface area (Å²) in [7, 11) is 0. The Labute approximate surface area is 164 Å². The highest BCUT2D eigenvalue weighted by molar-refractivity contribution is 5.99. The van der Waals surface area contributed by atoms with Crippen LogP contribution in [0.5, 0.6) is 0 Å². The van der Waals surface area contributed by atoms with Crippen LogP contribution < -0.4 is 10.6 Å². The van der Waals surface area contributed by atoms with Gasteiger partial charge in [0.2, 0.25) is 0 Å². The van der Waals surface area contributed by atoms with E-state index < -0.39 is 0 Å². The van der Waals surface area contributed by atoms with E-state index in [-0.39, 0.29) is 18.3 Å². The normalized spacial score (nSPS) is 15.7. The van der Waals surface area contributed by atoms with Crippen LogP contribution in [0.15, 0.2) is 24.3 Å². The molecular weight excluding hydrogens is 362 g/mol. The molecule has 0 saturated carbocycles. The number of carbonyl (C=O) groups is 1. The Morgan fingerprint density at radius 1 is 1.22 bits per heavy atom. The second-order valence-electron chi connectivity index (χ2n) is 7.26. The van der Waals surface area contributed by atoms with E-state index in [2.05, 4.69) is 26.8 Å². The molecule has 1 aliphatic carbocycles. The van der Waals surface area contributed by atoms with Crippen molar-refractivity contribution in [2.45, 2.75) is 45.3 Å². The van der Waals surface area contributed by atoms with Gasteiger partial charge < -0.3 is 15.6 Å². The summed E-state index contributed by atoms with van der Waals surface area (Å²) < 4.78 is 2.02. The largest absolute Gasteiger partial charge is 0.358 e. The predicted molar refractivity (Wildman–Crippen MR) is 107 cm³/mol. The summed E-state index contributed by atoms with van der Waals surface area (Å²) in [5.41, 5.74) is 6.70. The number of hydrogen-bond acceptors (Lipinski definition) is 3. The average molecular weight is 386 g/mol. The van der Waals surface area contributed by atoms with Crippen molar-refractivity contribution in [2.24, 2.45) is 0 Å². The molecule has 27 heavy (non-hydrogen) atoms. The van der Waals surface area contributed by atoms with Crippen LogP contribution in [0.25, 0.3) is 10.9 Å². The van der Waals surface area contributed by atoms with Gasteiger partial charge in [-0.2, -0.15) is 5.10 Å². The number of amides is 1.